The number of aliphatic hydroxyl groups excluding tert-OH is 4. The quantitative estimate of drug-likeness (QED) is 0.592. The van der Waals surface area contributed by atoms with Crippen LogP contribution in [0.25, 0.3) is 0 Å². The van der Waals surface area contributed by atoms with E-state index in [-0.39, 0.29) is 41.2 Å². The van der Waals surface area contributed by atoms with Gasteiger partial charge in [-0.05, 0) is 105 Å². The average Bonchev–Trinajstić information content (AvgIpc) is 2.95. The first-order valence-electron chi connectivity index (χ1n) is 11.8. The molecular weight excluding hydrogens is 352 g/mol. The minimum absolute atomic E-state index is 0.134. The SMILES string of the molecule is CC(O)CC(C)[C@H]1CC[C@H]2[C@@H]3[C@H](O)CC4C[C@H](O)CC[C@]4(C)[C@H]3C[C@H](O)[C@]12C. The summed E-state index contributed by atoms with van der Waals surface area (Å²) in [5, 5.41) is 42.9. The molecule has 4 N–H and O–H groups in total. The van der Waals surface area contributed by atoms with Crippen molar-refractivity contribution in [1.29, 1.82) is 0 Å². The van der Waals surface area contributed by atoms with Crippen molar-refractivity contribution in [2.45, 2.75) is 103 Å². The molecular formula is C24H42O4. The van der Waals surface area contributed by atoms with Crippen LogP contribution >= 0.6 is 0 Å². The van der Waals surface area contributed by atoms with Gasteiger partial charge in [-0.2, -0.15) is 0 Å². The van der Waals surface area contributed by atoms with Gasteiger partial charge in [0.15, 0.2) is 0 Å². The number of rotatable bonds is 3. The highest BCUT2D eigenvalue weighted by Gasteiger charge is 2.65. The first kappa shape index (κ1) is 21.1. The van der Waals surface area contributed by atoms with Gasteiger partial charge in [-0.3, -0.25) is 0 Å². The molecule has 12 atom stereocenters. The van der Waals surface area contributed by atoms with Gasteiger partial charge in [-0.15, -0.1) is 0 Å². The average molecular weight is 395 g/mol. The molecule has 0 amide bonds. The van der Waals surface area contributed by atoms with E-state index in [0.29, 0.717) is 29.6 Å². The smallest absolute Gasteiger partial charge is 0.0602 e. The Morgan fingerprint density at radius 3 is 2.32 bits per heavy atom. The second kappa shape index (κ2) is 7.21. The van der Waals surface area contributed by atoms with Crippen molar-refractivity contribution in [2.24, 2.45) is 46.3 Å². The lowest BCUT2D eigenvalue weighted by atomic mass is 9.43. The Labute approximate surface area is 170 Å². The lowest BCUT2D eigenvalue weighted by Gasteiger charge is -2.63. The first-order valence-corrected chi connectivity index (χ1v) is 11.8. The third-order valence-corrected chi connectivity index (χ3v) is 10.2. The molecule has 162 valence electrons. The summed E-state index contributed by atoms with van der Waals surface area (Å²) in [4.78, 5) is 0. The molecule has 0 aromatic heterocycles. The van der Waals surface area contributed by atoms with Gasteiger partial charge in [0.1, 0.15) is 0 Å². The highest BCUT2D eigenvalue weighted by Crippen LogP contribution is 2.68. The minimum Gasteiger partial charge on any atom is -0.393 e. The maximum absolute atomic E-state index is 11.5. The maximum Gasteiger partial charge on any atom is 0.0602 e. The van der Waals surface area contributed by atoms with Crippen LogP contribution in [0.1, 0.15) is 79.1 Å². The number of hydrogen-bond donors (Lipinski definition) is 4. The Balaban J connectivity index is 1.64. The van der Waals surface area contributed by atoms with Gasteiger partial charge in [0, 0.05) is 0 Å². The van der Waals surface area contributed by atoms with Crippen LogP contribution in [0.4, 0.5) is 0 Å². The molecule has 0 saturated heterocycles. The molecule has 4 heteroatoms. The molecule has 0 bridgehead atoms. The van der Waals surface area contributed by atoms with E-state index in [2.05, 4.69) is 20.8 Å². The molecule has 4 nitrogen and oxygen atoms in total. The van der Waals surface area contributed by atoms with Crippen molar-refractivity contribution in [3.63, 3.8) is 0 Å². The predicted molar refractivity (Wildman–Crippen MR) is 109 cm³/mol. The molecule has 4 saturated carbocycles. The van der Waals surface area contributed by atoms with Crippen LogP contribution < -0.4 is 0 Å². The summed E-state index contributed by atoms with van der Waals surface area (Å²) in [5.74, 6) is 2.16. The number of hydrogen-bond acceptors (Lipinski definition) is 4. The van der Waals surface area contributed by atoms with Crippen molar-refractivity contribution >= 4 is 0 Å². The lowest BCUT2D eigenvalue weighted by molar-refractivity contribution is -0.207. The summed E-state index contributed by atoms with van der Waals surface area (Å²) in [6.45, 7) is 8.76. The van der Waals surface area contributed by atoms with Crippen LogP contribution in [-0.2, 0) is 0 Å². The van der Waals surface area contributed by atoms with Crippen molar-refractivity contribution in [2.75, 3.05) is 0 Å². The summed E-state index contributed by atoms with van der Waals surface area (Å²) in [5.41, 5.74) is -0.0252. The number of aliphatic hydroxyl groups is 4. The molecule has 4 rings (SSSR count). The Morgan fingerprint density at radius 2 is 1.64 bits per heavy atom. The van der Waals surface area contributed by atoms with Gasteiger partial charge in [0.05, 0.1) is 24.4 Å². The van der Waals surface area contributed by atoms with Gasteiger partial charge >= 0.3 is 0 Å². The highest BCUT2D eigenvalue weighted by molar-refractivity contribution is 5.14. The van der Waals surface area contributed by atoms with Gasteiger partial charge in [0.2, 0.25) is 0 Å². The molecule has 0 radical (unpaired) electrons. The van der Waals surface area contributed by atoms with Crippen molar-refractivity contribution in [1.82, 2.24) is 0 Å². The molecule has 4 aliphatic rings. The zero-order chi connectivity index (χ0) is 20.4. The molecule has 28 heavy (non-hydrogen) atoms. The molecule has 0 aromatic carbocycles. The molecule has 0 aliphatic heterocycles. The van der Waals surface area contributed by atoms with E-state index < -0.39 is 0 Å². The van der Waals surface area contributed by atoms with Crippen LogP contribution in [0.2, 0.25) is 0 Å². The molecule has 4 fully saturated rings. The standard InChI is InChI=1S/C24H42O4/c1-13(9-14(2)25)17-5-6-18-22-19(12-21(28)24(17,18)4)23(3)8-7-16(26)10-15(23)11-20(22)27/h13-22,25-28H,5-12H2,1-4H3/t13?,14?,15?,16-,17-,18+,19+,20-,21+,22+,23+,24-/m1/s1. The summed E-state index contributed by atoms with van der Waals surface area (Å²) in [6.07, 6.45) is 6.08. The van der Waals surface area contributed by atoms with Gasteiger partial charge in [-0.1, -0.05) is 20.8 Å². The normalized spacial score (nSPS) is 55.7. The van der Waals surface area contributed by atoms with Crippen molar-refractivity contribution in [3.05, 3.63) is 0 Å². The molecule has 4 aliphatic carbocycles. The largest absolute Gasteiger partial charge is 0.393 e. The fraction of sp³-hybridized carbons (Fsp3) is 1.00. The second-order valence-electron chi connectivity index (χ2n) is 11.6. The second-order valence-corrected chi connectivity index (χ2v) is 11.6. The van der Waals surface area contributed by atoms with Crippen LogP contribution in [0, 0.1) is 46.3 Å². The van der Waals surface area contributed by atoms with Gasteiger partial charge in [0.25, 0.3) is 0 Å². The number of fused-ring (bicyclic) bond motifs is 5. The molecule has 0 heterocycles. The van der Waals surface area contributed by atoms with Crippen LogP contribution in [0.5, 0.6) is 0 Å². The Morgan fingerprint density at radius 1 is 0.929 bits per heavy atom. The van der Waals surface area contributed by atoms with Gasteiger partial charge in [-0.25, -0.2) is 0 Å². The molecule has 3 unspecified atom stereocenters. The lowest BCUT2D eigenvalue weighted by Crippen LogP contribution is -2.62. The van der Waals surface area contributed by atoms with Crippen LogP contribution in [0.3, 0.4) is 0 Å². The summed E-state index contributed by atoms with van der Waals surface area (Å²) >= 11 is 0. The predicted octanol–water partition coefficient (Wildman–Crippen LogP) is 3.35. The maximum atomic E-state index is 11.5. The first-order chi connectivity index (χ1) is 13.1. The fourth-order valence-corrected chi connectivity index (χ4v) is 8.83. The zero-order valence-electron chi connectivity index (χ0n) is 18.2. The van der Waals surface area contributed by atoms with Gasteiger partial charge < -0.3 is 20.4 Å². The Hall–Kier alpha value is -0.160. The van der Waals surface area contributed by atoms with Crippen LogP contribution in [0.15, 0.2) is 0 Å². The van der Waals surface area contributed by atoms with E-state index in [9.17, 15) is 20.4 Å². The fourth-order valence-electron chi connectivity index (χ4n) is 8.83. The topological polar surface area (TPSA) is 80.9 Å². The Kier molecular flexibility index (Phi) is 5.43. The minimum atomic E-state index is -0.336. The van der Waals surface area contributed by atoms with E-state index in [1.807, 2.05) is 6.92 Å². The highest BCUT2D eigenvalue weighted by atomic mass is 16.3. The third kappa shape index (κ3) is 3.01. The van der Waals surface area contributed by atoms with E-state index in [0.717, 1.165) is 51.4 Å². The van der Waals surface area contributed by atoms with Crippen molar-refractivity contribution in [3.8, 4) is 0 Å². The summed E-state index contributed by atoms with van der Waals surface area (Å²) in [6, 6.07) is 0. The monoisotopic (exact) mass is 394 g/mol. The summed E-state index contributed by atoms with van der Waals surface area (Å²) < 4.78 is 0. The molecule has 0 aromatic rings. The zero-order valence-corrected chi connectivity index (χ0v) is 18.2. The van der Waals surface area contributed by atoms with Crippen LogP contribution in [-0.4, -0.2) is 44.8 Å². The third-order valence-electron chi connectivity index (χ3n) is 10.2. The van der Waals surface area contributed by atoms with E-state index >= 15 is 0 Å². The van der Waals surface area contributed by atoms with E-state index in [1.165, 1.54) is 0 Å². The van der Waals surface area contributed by atoms with E-state index in [1.54, 1.807) is 0 Å². The summed E-state index contributed by atoms with van der Waals surface area (Å²) in [7, 11) is 0. The Bertz CT molecular complexity index is 579. The van der Waals surface area contributed by atoms with E-state index in [4.69, 9.17) is 0 Å². The molecule has 0 spiro atoms. The van der Waals surface area contributed by atoms with Crippen molar-refractivity contribution < 1.29 is 20.4 Å².